The van der Waals surface area contributed by atoms with Crippen LogP contribution in [0.5, 0.6) is 11.5 Å². The number of hydrogen-bond acceptors (Lipinski definition) is 7. The topological polar surface area (TPSA) is 70.2 Å². The normalized spacial score (nSPS) is 14.4. The van der Waals surface area contributed by atoms with Crippen LogP contribution in [0.2, 0.25) is 0 Å². The number of aromatic nitrogens is 1. The number of nitrogens with one attached hydrogen (secondary N) is 1. The van der Waals surface area contributed by atoms with Gasteiger partial charge in [0.15, 0.2) is 5.88 Å². The molecule has 8 nitrogen and oxygen atoms in total. The third kappa shape index (κ3) is 6.93. The van der Waals surface area contributed by atoms with Crippen molar-refractivity contribution in [2.75, 3.05) is 56.7 Å². The summed E-state index contributed by atoms with van der Waals surface area (Å²) in [5.74, 6) is 1.72. The Balaban J connectivity index is 1.53. The van der Waals surface area contributed by atoms with Crippen LogP contribution >= 0.6 is 0 Å². The average molecular weight is 544 g/mol. The van der Waals surface area contributed by atoms with Crippen LogP contribution in [0.4, 0.5) is 17.1 Å². The van der Waals surface area contributed by atoms with Crippen LogP contribution < -0.4 is 24.6 Å². The standard InChI is InChI=1S/C32H41N5O3/c1-7-23(3)32(34-31(38)28-15-16-33-22-24(28)4)40-27-12-9-25(10-13-27)36(6)29-21-26(11-14-30(29)39-8-2)37-19-17-35(5)18-20-37/h9-16,21-22H,7-8,17-20H2,1-6H3,(H,34,38)/b32-23-. The number of allylic oxidation sites excluding steroid dienone is 1. The first-order chi connectivity index (χ1) is 19.3. The largest absolute Gasteiger partial charge is 0.492 e. The van der Waals surface area contributed by atoms with Crippen molar-refractivity contribution in [2.24, 2.45) is 0 Å². The number of rotatable bonds is 10. The van der Waals surface area contributed by atoms with Crippen molar-refractivity contribution in [1.82, 2.24) is 15.2 Å². The fraction of sp³-hybridized carbons (Fsp3) is 0.375. The predicted molar refractivity (Wildman–Crippen MR) is 162 cm³/mol. The second-order valence-electron chi connectivity index (χ2n) is 10.1. The number of nitrogens with zero attached hydrogens (tertiary/aromatic N) is 4. The number of carbonyl (C=O) groups excluding carboxylic acids is 1. The van der Waals surface area contributed by atoms with Crippen molar-refractivity contribution in [3.63, 3.8) is 0 Å². The van der Waals surface area contributed by atoms with Gasteiger partial charge in [-0.1, -0.05) is 6.92 Å². The Kier molecular flexibility index (Phi) is 9.66. The summed E-state index contributed by atoms with van der Waals surface area (Å²) < 4.78 is 12.2. The minimum Gasteiger partial charge on any atom is -0.492 e. The molecule has 8 heteroatoms. The summed E-state index contributed by atoms with van der Waals surface area (Å²) >= 11 is 0. The molecule has 212 valence electrons. The highest BCUT2D eigenvalue weighted by atomic mass is 16.5. The second kappa shape index (κ2) is 13.3. The molecular formula is C32H41N5O3. The maximum atomic E-state index is 13.0. The van der Waals surface area contributed by atoms with Crippen LogP contribution in [0.1, 0.15) is 43.1 Å². The summed E-state index contributed by atoms with van der Waals surface area (Å²) in [6.45, 7) is 12.6. The van der Waals surface area contributed by atoms with Crippen molar-refractivity contribution in [2.45, 2.75) is 34.1 Å². The maximum absolute atomic E-state index is 13.0. The zero-order chi connectivity index (χ0) is 28.6. The Morgan fingerprint density at radius 3 is 2.42 bits per heavy atom. The number of piperazine rings is 1. The van der Waals surface area contributed by atoms with Crippen LogP contribution in [0.25, 0.3) is 0 Å². The Morgan fingerprint density at radius 2 is 1.77 bits per heavy atom. The van der Waals surface area contributed by atoms with E-state index in [1.165, 1.54) is 5.69 Å². The molecule has 3 aromatic rings. The fourth-order valence-electron chi connectivity index (χ4n) is 4.58. The Hall–Kier alpha value is -4.04. The molecule has 0 radical (unpaired) electrons. The number of pyridine rings is 1. The quantitative estimate of drug-likeness (QED) is 0.326. The molecule has 4 rings (SSSR count). The number of hydrogen-bond donors (Lipinski definition) is 1. The van der Waals surface area contributed by atoms with Gasteiger partial charge in [0.05, 0.1) is 12.3 Å². The molecule has 0 atom stereocenters. The minimum atomic E-state index is -0.220. The fourth-order valence-corrected chi connectivity index (χ4v) is 4.58. The van der Waals surface area contributed by atoms with E-state index in [1.807, 2.05) is 59.0 Å². The molecule has 1 fully saturated rings. The molecule has 1 saturated heterocycles. The van der Waals surface area contributed by atoms with Gasteiger partial charge in [0.1, 0.15) is 11.5 Å². The van der Waals surface area contributed by atoms with Gasteiger partial charge in [-0.2, -0.15) is 0 Å². The first kappa shape index (κ1) is 29.0. The van der Waals surface area contributed by atoms with Crippen molar-refractivity contribution in [3.05, 3.63) is 83.5 Å². The molecule has 0 saturated carbocycles. The SMILES string of the molecule is CCOc1ccc(N2CCN(C)CC2)cc1N(C)c1ccc(O/C(NC(=O)c2ccncc2C)=C(/C)CC)cc1. The second-order valence-corrected chi connectivity index (χ2v) is 10.1. The number of benzene rings is 2. The van der Waals surface area contributed by atoms with E-state index in [0.29, 0.717) is 23.8 Å². The number of amides is 1. The number of ether oxygens (including phenoxy) is 2. The lowest BCUT2D eigenvalue weighted by molar-refractivity contribution is 0.0948. The molecule has 0 aliphatic carbocycles. The van der Waals surface area contributed by atoms with Gasteiger partial charge in [0, 0.05) is 62.6 Å². The van der Waals surface area contributed by atoms with Gasteiger partial charge in [-0.05, 0) is 93.9 Å². The van der Waals surface area contributed by atoms with Gasteiger partial charge in [0.25, 0.3) is 5.91 Å². The molecule has 0 bridgehead atoms. The van der Waals surface area contributed by atoms with Crippen LogP contribution in [0.3, 0.4) is 0 Å². The molecule has 1 N–H and O–H groups in total. The lowest BCUT2D eigenvalue weighted by Crippen LogP contribution is -2.44. The maximum Gasteiger partial charge on any atom is 0.258 e. The molecule has 2 aromatic carbocycles. The Labute approximate surface area is 238 Å². The molecule has 0 unspecified atom stereocenters. The van der Waals surface area contributed by atoms with E-state index in [9.17, 15) is 4.79 Å². The molecule has 1 aromatic heterocycles. The van der Waals surface area contributed by atoms with Gasteiger partial charge in [0.2, 0.25) is 0 Å². The lowest BCUT2D eigenvalue weighted by Gasteiger charge is -2.35. The summed E-state index contributed by atoms with van der Waals surface area (Å²) in [5.41, 5.74) is 5.53. The third-order valence-electron chi connectivity index (χ3n) is 7.33. The Bertz CT molecular complexity index is 1330. The van der Waals surface area contributed by atoms with Gasteiger partial charge in [-0.15, -0.1) is 0 Å². The molecule has 0 spiro atoms. The van der Waals surface area contributed by atoms with E-state index in [0.717, 1.165) is 60.9 Å². The molecular weight excluding hydrogens is 502 g/mol. The lowest BCUT2D eigenvalue weighted by atomic mass is 10.1. The number of anilines is 3. The predicted octanol–water partition coefficient (Wildman–Crippen LogP) is 5.76. The molecule has 1 aliphatic rings. The van der Waals surface area contributed by atoms with E-state index in [2.05, 4.69) is 50.2 Å². The zero-order valence-corrected chi connectivity index (χ0v) is 24.5. The highest BCUT2D eigenvalue weighted by Crippen LogP contribution is 2.37. The van der Waals surface area contributed by atoms with Gasteiger partial charge in [-0.3, -0.25) is 15.1 Å². The van der Waals surface area contributed by atoms with Crippen molar-refractivity contribution in [3.8, 4) is 11.5 Å². The summed E-state index contributed by atoms with van der Waals surface area (Å²) in [7, 11) is 4.21. The van der Waals surface area contributed by atoms with Gasteiger partial charge in [-0.25, -0.2) is 0 Å². The number of likely N-dealkylation sites (N-methyl/N-ethyl adjacent to an activating group) is 1. The smallest absolute Gasteiger partial charge is 0.258 e. The first-order valence-electron chi connectivity index (χ1n) is 13.9. The van der Waals surface area contributed by atoms with Crippen molar-refractivity contribution >= 4 is 23.0 Å². The zero-order valence-electron chi connectivity index (χ0n) is 24.5. The molecule has 1 amide bonds. The van der Waals surface area contributed by atoms with Crippen LogP contribution in [0.15, 0.2) is 72.4 Å². The van der Waals surface area contributed by atoms with E-state index in [-0.39, 0.29) is 5.91 Å². The van der Waals surface area contributed by atoms with Crippen LogP contribution in [-0.4, -0.2) is 62.7 Å². The van der Waals surface area contributed by atoms with Crippen molar-refractivity contribution < 1.29 is 14.3 Å². The van der Waals surface area contributed by atoms with Crippen LogP contribution in [0, 0.1) is 6.92 Å². The van der Waals surface area contributed by atoms with E-state index in [1.54, 1.807) is 18.5 Å². The monoisotopic (exact) mass is 543 g/mol. The average Bonchev–Trinajstić information content (AvgIpc) is 2.97. The van der Waals surface area contributed by atoms with Crippen LogP contribution in [-0.2, 0) is 0 Å². The van der Waals surface area contributed by atoms with E-state index < -0.39 is 0 Å². The van der Waals surface area contributed by atoms with E-state index >= 15 is 0 Å². The van der Waals surface area contributed by atoms with Crippen molar-refractivity contribution in [1.29, 1.82) is 0 Å². The summed E-state index contributed by atoms with van der Waals surface area (Å²) in [6, 6.07) is 16.0. The minimum absolute atomic E-state index is 0.220. The van der Waals surface area contributed by atoms with Gasteiger partial charge >= 0.3 is 0 Å². The first-order valence-corrected chi connectivity index (χ1v) is 13.9. The third-order valence-corrected chi connectivity index (χ3v) is 7.33. The molecule has 2 heterocycles. The summed E-state index contributed by atoms with van der Waals surface area (Å²) in [4.78, 5) is 23.9. The molecule has 40 heavy (non-hydrogen) atoms. The highest BCUT2D eigenvalue weighted by Gasteiger charge is 2.19. The highest BCUT2D eigenvalue weighted by molar-refractivity contribution is 5.96. The van der Waals surface area contributed by atoms with E-state index in [4.69, 9.17) is 9.47 Å². The summed E-state index contributed by atoms with van der Waals surface area (Å²) in [5, 5.41) is 2.95. The number of carbonyl (C=O) groups is 1. The van der Waals surface area contributed by atoms with Gasteiger partial charge < -0.3 is 24.2 Å². The molecule has 1 aliphatic heterocycles. The Morgan fingerprint density at radius 1 is 1.05 bits per heavy atom. The summed E-state index contributed by atoms with van der Waals surface area (Å²) in [6.07, 6.45) is 4.04. The number of aryl methyl sites for hydroxylation is 1.